The fourth-order valence-corrected chi connectivity index (χ4v) is 5.71. The summed E-state index contributed by atoms with van der Waals surface area (Å²) in [6, 6.07) is 29.5. The van der Waals surface area contributed by atoms with Crippen molar-refractivity contribution in [1.82, 2.24) is 20.6 Å². The fourth-order valence-electron chi connectivity index (χ4n) is 5.71. The van der Waals surface area contributed by atoms with Crippen molar-refractivity contribution >= 4 is 33.6 Å². The second-order valence-corrected chi connectivity index (χ2v) is 11.1. The monoisotopic (exact) mass is 656 g/mol. The van der Waals surface area contributed by atoms with Gasteiger partial charge in [-0.25, -0.2) is 9.97 Å². The molecule has 0 spiro atoms. The summed E-state index contributed by atoms with van der Waals surface area (Å²) in [4.78, 5) is 36.7. The molecule has 6 rings (SSSR count). The van der Waals surface area contributed by atoms with Crippen LogP contribution in [-0.4, -0.2) is 63.3 Å². The summed E-state index contributed by atoms with van der Waals surface area (Å²) >= 11 is 0. The van der Waals surface area contributed by atoms with Gasteiger partial charge in [0.25, 0.3) is 11.8 Å². The molecule has 2 amide bonds. The van der Waals surface area contributed by atoms with Crippen LogP contribution in [-0.2, 0) is 0 Å². The molecule has 10 nitrogen and oxygen atoms in total. The topological polar surface area (TPSA) is 121 Å². The average molecular weight is 657 g/mol. The van der Waals surface area contributed by atoms with Gasteiger partial charge in [-0.1, -0.05) is 36.4 Å². The zero-order valence-corrected chi connectivity index (χ0v) is 27.7. The number of benzene rings is 4. The number of nitrogens with zero attached hydrogens (tertiary/aromatic N) is 2. The van der Waals surface area contributed by atoms with Crippen LogP contribution in [0.25, 0.3) is 44.3 Å². The number of carbonyl (C=O) groups excluding carboxylic acids is 2. The molecule has 0 saturated heterocycles. The maximum atomic E-state index is 13.5. The Kier molecular flexibility index (Phi) is 9.85. The lowest BCUT2D eigenvalue weighted by molar-refractivity contribution is 0.0953. The number of methoxy groups -OCH3 is 4. The summed E-state index contributed by atoms with van der Waals surface area (Å²) in [5.41, 5.74) is 5.04. The molecule has 0 unspecified atom stereocenters. The van der Waals surface area contributed by atoms with E-state index < -0.39 is 0 Å². The van der Waals surface area contributed by atoms with Crippen molar-refractivity contribution in [2.24, 2.45) is 0 Å². The number of para-hydroxylation sites is 2. The third-order valence-electron chi connectivity index (χ3n) is 8.22. The smallest absolute Gasteiger partial charge is 0.252 e. The summed E-state index contributed by atoms with van der Waals surface area (Å²) < 4.78 is 21.9. The Morgan fingerprint density at radius 1 is 0.551 bits per heavy atom. The zero-order chi connectivity index (χ0) is 34.3. The van der Waals surface area contributed by atoms with Gasteiger partial charge >= 0.3 is 0 Å². The Labute approximate surface area is 284 Å². The van der Waals surface area contributed by atoms with Gasteiger partial charge in [0.1, 0.15) is 23.0 Å². The summed E-state index contributed by atoms with van der Waals surface area (Å²) in [7, 11) is 6.35. The van der Waals surface area contributed by atoms with Crippen molar-refractivity contribution in [1.29, 1.82) is 0 Å². The SMILES string of the molecule is COc1ccc(-c2cc(C(=O)NCCCNC(=O)c3cc(-c4ccc(OC)cc4OC)nc4ccccc34)c3ccccc3n2)c(OC)c1. The predicted molar refractivity (Wildman–Crippen MR) is 190 cm³/mol. The minimum Gasteiger partial charge on any atom is -0.497 e. The van der Waals surface area contributed by atoms with E-state index in [9.17, 15) is 9.59 Å². The zero-order valence-electron chi connectivity index (χ0n) is 27.7. The number of pyridine rings is 2. The van der Waals surface area contributed by atoms with E-state index in [1.807, 2.05) is 72.8 Å². The molecule has 0 radical (unpaired) electrons. The molecule has 0 fully saturated rings. The van der Waals surface area contributed by atoms with Crippen LogP contribution in [0.4, 0.5) is 0 Å². The molecule has 4 aromatic carbocycles. The van der Waals surface area contributed by atoms with Gasteiger partial charge < -0.3 is 29.6 Å². The Hall–Kier alpha value is -6.16. The summed E-state index contributed by atoms with van der Waals surface area (Å²) in [6.07, 6.45) is 0.516. The fraction of sp³-hybridized carbons (Fsp3) is 0.179. The van der Waals surface area contributed by atoms with E-state index >= 15 is 0 Å². The lowest BCUT2D eigenvalue weighted by Gasteiger charge is -2.14. The first-order valence-electron chi connectivity index (χ1n) is 15.7. The Morgan fingerprint density at radius 3 is 1.39 bits per heavy atom. The predicted octanol–water partition coefficient (Wildman–Crippen LogP) is 6.70. The normalized spacial score (nSPS) is 10.9. The van der Waals surface area contributed by atoms with Gasteiger partial charge in [0.15, 0.2) is 0 Å². The number of ether oxygens (including phenoxy) is 4. The van der Waals surface area contributed by atoms with E-state index in [0.29, 0.717) is 76.1 Å². The lowest BCUT2D eigenvalue weighted by Crippen LogP contribution is -2.30. The molecule has 2 N–H and O–H groups in total. The van der Waals surface area contributed by atoms with E-state index in [1.165, 1.54) is 0 Å². The van der Waals surface area contributed by atoms with Gasteiger partial charge in [0.05, 0.1) is 62.0 Å². The molecular formula is C39H36N4O6. The minimum absolute atomic E-state index is 0.239. The van der Waals surface area contributed by atoms with Gasteiger partial charge in [-0.2, -0.15) is 0 Å². The molecule has 0 aliphatic carbocycles. The maximum absolute atomic E-state index is 13.5. The van der Waals surface area contributed by atoms with Crippen molar-refractivity contribution in [3.05, 3.63) is 108 Å². The van der Waals surface area contributed by atoms with E-state index in [-0.39, 0.29) is 11.8 Å². The highest BCUT2D eigenvalue weighted by Gasteiger charge is 2.18. The summed E-state index contributed by atoms with van der Waals surface area (Å²) in [6.45, 7) is 0.699. The van der Waals surface area contributed by atoms with Crippen LogP contribution < -0.4 is 29.6 Å². The first-order valence-corrected chi connectivity index (χ1v) is 15.7. The van der Waals surface area contributed by atoms with Crippen LogP contribution in [0.5, 0.6) is 23.0 Å². The lowest BCUT2D eigenvalue weighted by atomic mass is 10.0. The highest BCUT2D eigenvalue weighted by atomic mass is 16.5. The van der Waals surface area contributed by atoms with Crippen molar-refractivity contribution in [2.45, 2.75) is 6.42 Å². The molecule has 2 aromatic heterocycles. The number of nitrogens with one attached hydrogen (secondary N) is 2. The molecule has 0 saturated carbocycles. The van der Waals surface area contributed by atoms with Gasteiger partial charge in [-0.15, -0.1) is 0 Å². The van der Waals surface area contributed by atoms with Crippen molar-refractivity contribution in [3.8, 4) is 45.5 Å². The average Bonchev–Trinajstić information content (AvgIpc) is 3.15. The van der Waals surface area contributed by atoms with Crippen LogP contribution in [0.1, 0.15) is 27.1 Å². The first-order chi connectivity index (χ1) is 23.9. The van der Waals surface area contributed by atoms with E-state index in [0.717, 1.165) is 21.9 Å². The number of aromatic nitrogens is 2. The molecule has 2 heterocycles. The summed E-state index contributed by atoms with van der Waals surface area (Å²) in [5, 5.41) is 7.49. The Balaban J connectivity index is 1.16. The molecule has 10 heteroatoms. The summed E-state index contributed by atoms with van der Waals surface area (Å²) in [5.74, 6) is 2.00. The minimum atomic E-state index is -0.239. The van der Waals surface area contributed by atoms with Crippen molar-refractivity contribution in [3.63, 3.8) is 0 Å². The van der Waals surface area contributed by atoms with Crippen LogP contribution in [0.2, 0.25) is 0 Å². The number of carbonyl (C=O) groups is 2. The maximum Gasteiger partial charge on any atom is 0.252 e. The van der Waals surface area contributed by atoms with Crippen molar-refractivity contribution < 1.29 is 28.5 Å². The van der Waals surface area contributed by atoms with Gasteiger partial charge in [-0.05, 0) is 55.0 Å². The number of hydrogen-bond donors (Lipinski definition) is 2. The van der Waals surface area contributed by atoms with Gasteiger partial charge in [0, 0.05) is 47.1 Å². The van der Waals surface area contributed by atoms with Gasteiger partial charge in [-0.3, -0.25) is 9.59 Å². The second kappa shape index (κ2) is 14.7. The number of fused-ring (bicyclic) bond motifs is 2. The molecular weight excluding hydrogens is 620 g/mol. The molecule has 49 heavy (non-hydrogen) atoms. The molecule has 0 bridgehead atoms. The number of rotatable bonds is 12. The Morgan fingerprint density at radius 2 is 0.980 bits per heavy atom. The second-order valence-electron chi connectivity index (χ2n) is 11.1. The van der Waals surface area contributed by atoms with Crippen molar-refractivity contribution in [2.75, 3.05) is 41.5 Å². The molecule has 248 valence electrons. The van der Waals surface area contributed by atoms with Crippen LogP contribution in [0.15, 0.2) is 97.1 Å². The van der Waals surface area contributed by atoms with E-state index in [2.05, 4.69) is 10.6 Å². The highest BCUT2D eigenvalue weighted by Crippen LogP contribution is 2.35. The quantitative estimate of drug-likeness (QED) is 0.140. The van der Waals surface area contributed by atoms with Crippen LogP contribution in [0, 0.1) is 0 Å². The molecule has 6 aromatic rings. The van der Waals surface area contributed by atoms with E-state index in [1.54, 1.807) is 52.7 Å². The van der Waals surface area contributed by atoms with Crippen LogP contribution >= 0.6 is 0 Å². The molecule has 0 aliphatic rings. The number of hydrogen-bond acceptors (Lipinski definition) is 8. The molecule has 0 atom stereocenters. The standard InChI is InChI=1S/C39H36N4O6/c1-46-24-14-16-28(36(20-24)48-3)34-22-30(26-10-5-7-12-32(26)42-34)38(44)40-18-9-19-41-39(45)31-23-35(43-33-13-8-6-11-27(31)33)29-17-15-25(47-2)21-37(29)49-4/h5-8,10-17,20-23H,9,18-19H2,1-4H3,(H,40,44)(H,41,45). The third kappa shape index (κ3) is 6.94. The third-order valence-corrected chi connectivity index (χ3v) is 8.22. The highest BCUT2D eigenvalue weighted by molar-refractivity contribution is 6.08. The van der Waals surface area contributed by atoms with E-state index in [4.69, 9.17) is 28.9 Å². The Bertz CT molecular complexity index is 2010. The van der Waals surface area contributed by atoms with Gasteiger partial charge in [0.2, 0.25) is 0 Å². The number of amides is 2. The largest absolute Gasteiger partial charge is 0.497 e. The van der Waals surface area contributed by atoms with Crippen LogP contribution in [0.3, 0.4) is 0 Å². The first kappa shape index (κ1) is 32.8. The molecule has 0 aliphatic heterocycles.